The van der Waals surface area contributed by atoms with Gasteiger partial charge in [0.2, 0.25) is 0 Å². The molecule has 0 heterocycles. The van der Waals surface area contributed by atoms with E-state index < -0.39 is 0 Å². The molecule has 0 aliphatic carbocycles. The molecule has 0 fully saturated rings. The third-order valence-electron chi connectivity index (χ3n) is 1.44. The molecule has 1 aromatic rings. The Labute approximate surface area is 78.7 Å². The topological polar surface area (TPSA) is 0 Å². The van der Waals surface area contributed by atoms with Crippen LogP contribution in [-0.2, 0) is 0 Å². The molecule has 0 N–H and O–H groups in total. The van der Waals surface area contributed by atoms with Gasteiger partial charge in [-0.3, -0.25) is 0 Å². The van der Waals surface area contributed by atoms with Crippen LogP contribution in [0.5, 0.6) is 0 Å². The lowest BCUT2D eigenvalue weighted by atomic mass is 9.95. The molecule has 0 unspecified atom stereocenters. The minimum Gasteiger partial charge on any atom is -0.0739 e. The molecule has 0 nitrogen and oxygen atoms in total. The van der Waals surface area contributed by atoms with Gasteiger partial charge in [0.1, 0.15) is 7.85 Å². The lowest BCUT2D eigenvalue weighted by molar-refractivity contribution is 1.43. The summed E-state index contributed by atoms with van der Waals surface area (Å²) in [6, 6.07) is 4.22. The molecule has 0 aromatic heterocycles. The van der Waals surface area contributed by atoms with E-state index in [2.05, 4.69) is 58.8 Å². The molecular formula is C7H7BBr2. The third-order valence-corrected chi connectivity index (χ3v) is 3.15. The highest BCUT2D eigenvalue weighted by atomic mass is 79.9. The molecule has 0 amide bonds. The fraction of sp³-hybridized carbons (Fsp3) is 0.143. The van der Waals surface area contributed by atoms with Gasteiger partial charge in [-0.15, -0.1) is 0 Å². The molecule has 0 bridgehead atoms. The molecule has 1 rings (SSSR count). The molecule has 0 atom stereocenters. The van der Waals surface area contributed by atoms with Crippen molar-refractivity contribution >= 4 is 45.2 Å². The van der Waals surface area contributed by atoms with Gasteiger partial charge >= 0.3 is 0 Å². The molecule has 0 spiro atoms. The van der Waals surface area contributed by atoms with Gasteiger partial charge < -0.3 is 0 Å². The molecule has 10 heavy (non-hydrogen) atoms. The lowest BCUT2D eigenvalue weighted by Crippen LogP contribution is -2.04. The van der Waals surface area contributed by atoms with Crippen molar-refractivity contribution in [3.8, 4) is 0 Å². The van der Waals surface area contributed by atoms with Gasteiger partial charge in [0.25, 0.3) is 0 Å². The number of benzene rings is 1. The van der Waals surface area contributed by atoms with Gasteiger partial charge in [0.05, 0.1) is 0 Å². The van der Waals surface area contributed by atoms with E-state index in [9.17, 15) is 0 Å². The zero-order valence-corrected chi connectivity index (χ0v) is 9.08. The summed E-state index contributed by atoms with van der Waals surface area (Å²) in [7, 11) is 2.08. The second-order valence-corrected chi connectivity index (χ2v) is 4.06. The van der Waals surface area contributed by atoms with Crippen molar-refractivity contribution in [1.82, 2.24) is 0 Å². The smallest absolute Gasteiger partial charge is 0.0739 e. The van der Waals surface area contributed by atoms with E-state index in [1.807, 2.05) is 0 Å². The first-order chi connectivity index (χ1) is 4.61. The standard InChI is InChI=1S/C7H7BBr2/c1-4-2-7(10)5(8)3-6(4)9/h2-3H,8H2,1H3. The predicted molar refractivity (Wildman–Crippen MR) is 54.8 cm³/mol. The summed E-state index contributed by atoms with van der Waals surface area (Å²) in [6.45, 7) is 2.08. The number of hydrogen-bond acceptors (Lipinski definition) is 0. The molecule has 0 saturated carbocycles. The van der Waals surface area contributed by atoms with Crippen LogP contribution in [0.2, 0.25) is 0 Å². The van der Waals surface area contributed by atoms with Gasteiger partial charge in [0, 0.05) is 8.95 Å². The summed E-state index contributed by atoms with van der Waals surface area (Å²) in [5.74, 6) is 0. The van der Waals surface area contributed by atoms with E-state index >= 15 is 0 Å². The third kappa shape index (κ3) is 1.64. The quantitative estimate of drug-likeness (QED) is 0.625. The Bertz CT molecular complexity index is 208. The molecule has 52 valence electrons. The van der Waals surface area contributed by atoms with E-state index in [0.717, 1.165) is 0 Å². The highest BCUT2D eigenvalue weighted by Crippen LogP contribution is 2.17. The van der Waals surface area contributed by atoms with Crippen molar-refractivity contribution in [3.05, 3.63) is 26.6 Å². The van der Waals surface area contributed by atoms with Crippen molar-refractivity contribution < 1.29 is 0 Å². The highest BCUT2D eigenvalue weighted by Gasteiger charge is 1.97. The van der Waals surface area contributed by atoms with E-state index in [-0.39, 0.29) is 0 Å². The molecule has 0 aliphatic heterocycles. The second kappa shape index (κ2) is 3.10. The van der Waals surface area contributed by atoms with Crippen LogP contribution in [0.25, 0.3) is 0 Å². The summed E-state index contributed by atoms with van der Waals surface area (Å²) in [5.41, 5.74) is 2.52. The van der Waals surface area contributed by atoms with Gasteiger partial charge in [-0.25, -0.2) is 0 Å². The highest BCUT2D eigenvalue weighted by molar-refractivity contribution is 9.11. The number of rotatable bonds is 0. The van der Waals surface area contributed by atoms with Crippen molar-refractivity contribution in [2.75, 3.05) is 0 Å². The van der Waals surface area contributed by atoms with Crippen LogP contribution in [0.1, 0.15) is 5.56 Å². The minimum absolute atomic E-state index is 1.17. The van der Waals surface area contributed by atoms with Crippen LogP contribution in [-0.4, -0.2) is 7.85 Å². The average Bonchev–Trinajstić information content (AvgIpc) is 1.84. The number of hydrogen-bond donors (Lipinski definition) is 0. The number of halogens is 2. The minimum atomic E-state index is 1.17. The molecule has 3 heteroatoms. The summed E-state index contributed by atoms with van der Waals surface area (Å²) in [5, 5.41) is 0. The zero-order chi connectivity index (χ0) is 7.72. The van der Waals surface area contributed by atoms with Crippen molar-refractivity contribution in [3.63, 3.8) is 0 Å². The Morgan fingerprint density at radius 3 is 2.30 bits per heavy atom. The Morgan fingerprint density at radius 2 is 1.80 bits per heavy atom. The maximum absolute atomic E-state index is 3.46. The normalized spacial score (nSPS) is 9.90. The summed E-state index contributed by atoms with van der Waals surface area (Å²) >= 11 is 6.92. The molecule has 0 radical (unpaired) electrons. The molecule has 0 saturated heterocycles. The maximum atomic E-state index is 3.46. The van der Waals surface area contributed by atoms with Crippen LogP contribution >= 0.6 is 31.9 Å². The summed E-state index contributed by atoms with van der Waals surface area (Å²) in [6.07, 6.45) is 0. The van der Waals surface area contributed by atoms with Crippen LogP contribution < -0.4 is 5.46 Å². The van der Waals surface area contributed by atoms with E-state index in [0.29, 0.717) is 0 Å². The molecular weight excluding hydrogens is 255 g/mol. The Kier molecular flexibility index (Phi) is 2.58. The first kappa shape index (κ1) is 8.34. The van der Waals surface area contributed by atoms with E-state index in [1.54, 1.807) is 0 Å². The molecule has 0 aliphatic rings. The van der Waals surface area contributed by atoms with Crippen molar-refractivity contribution in [2.24, 2.45) is 0 Å². The van der Waals surface area contributed by atoms with Gasteiger partial charge in [-0.2, -0.15) is 0 Å². The number of aryl methyl sites for hydroxylation is 1. The van der Waals surface area contributed by atoms with Crippen LogP contribution in [0.4, 0.5) is 0 Å². The average molecular weight is 262 g/mol. The van der Waals surface area contributed by atoms with Crippen LogP contribution in [0.3, 0.4) is 0 Å². The Hall–Kier alpha value is 0.245. The van der Waals surface area contributed by atoms with Gasteiger partial charge in [-0.05, 0) is 18.6 Å². The van der Waals surface area contributed by atoms with E-state index in [4.69, 9.17) is 0 Å². The van der Waals surface area contributed by atoms with Gasteiger partial charge in [-0.1, -0.05) is 43.4 Å². The van der Waals surface area contributed by atoms with Crippen molar-refractivity contribution in [2.45, 2.75) is 6.92 Å². The predicted octanol–water partition coefficient (Wildman–Crippen LogP) is 1.78. The fourth-order valence-corrected chi connectivity index (χ4v) is 1.66. The first-order valence-corrected chi connectivity index (χ1v) is 4.62. The Morgan fingerprint density at radius 1 is 1.20 bits per heavy atom. The fourth-order valence-electron chi connectivity index (χ4n) is 0.746. The van der Waals surface area contributed by atoms with Crippen molar-refractivity contribution in [1.29, 1.82) is 0 Å². The first-order valence-electron chi connectivity index (χ1n) is 3.03. The van der Waals surface area contributed by atoms with Gasteiger partial charge in [0.15, 0.2) is 0 Å². The Balaban J connectivity index is 3.28. The van der Waals surface area contributed by atoms with Crippen LogP contribution in [0, 0.1) is 6.92 Å². The molecule has 1 aromatic carbocycles. The second-order valence-electron chi connectivity index (χ2n) is 2.35. The monoisotopic (exact) mass is 260 g/mol. The lowest BCUT2D eigenvalue weighted by Gasteiger charge is -2.01. The zero-order valence-electron chi connectivity index (χ0n) is 5.91. The SMILES string of the molecule is Bc1cc(Br)c(C)cc1Br. The largest absolute Gasteiger partial charge is 0.140 e. The summed E-state index contributed by atoms with van der Waals surface area (Å²) in [4.78, 5) is 0. The maximum Gasteiger partial charge on any atom is 0.140 e. The summed E-state index contributed by atoms with van der Waals surface area (Å²) < 4.78 is 2.35. The van der Waals surface area contributed by atoms with Crippen LogP contribution in [0.15, 0.2) is 21.1 Å². The van der Waals surface area contributed by atoms with E-state index in [1.165, 1.54) is 20.0 Å².